The van der Waals surface area contributed by atoms with Crippen LogP contribution in [0.4, 0.5) is 4.39 Å². The van der Waals surface area contributed by atoms with Crippen molar-refractivity contribution in [3.05, 3.63) is 95.8 Å². The minimum Gasteiger partial charge on any atom is -0.481 e. The van der Waals surface area contributed by atoms with Crippen LogP contribution in [0.5, 0.6) is 0 Å². The molecule has 3 N–H and O–H groups in total. The summed E-state index contributed by atoms with van der Waals surface area (Å²) in [6.45, 7) is 6.70. The van der Waals surface area contributed by atoms with E-state index >= 15 is 0 Å². The Morgan fingerprint density at radius 2 is 1.47 bits per heavy atom. The van der Waals surface area contributed by atoms with Crippen molar-refractivity contribution in [1.82, 2.24) is 0 Å². The van der Waals surface area contributed by atoms with Gasteiger partial charge < -0.3 is 10.8 Å². The molecule has 0 amide bonds. The Balaban J connectivity index is 0.000000232. The fourth-order valence-electron chi connectivity index (χ4n) is 3.29. The van der Waals surface area contributed by atoms with Crippen molar-refractivity contribution in [3.63, 3.8) is 0 Å². The topological polar surface area (TPSA) is 63.3 Å². The van der Waals surface area contributed by atoms with Crippen LogP contribution in [0, 0.1) is 11.7 Å². The maximum Gasteiger partial charge on any atom is 0.310 e. The molecular weight excluding hydrogens is 377 g/mol. The van der Waals surface area contributed by atoms with Crippen molar-refractivity contribution >= 4 is 5.97 Å². The summed E-state index contributed by atoms with van der Waals surface area (Å²) in [5.74, 6) is -0.929. The van der Waals surface area contributed by atoms with Gasteiger partial charge in [-0.05, 0) is 48.1 Å². The SMILES string of the molecule is CC(C)[C@@H](CN)c1ccccc1.C[C@@H](C(=O)O)c1ccc(-c2ccccc2)c(F)c1. The molecule has 0 saturated carbocycles. The van der Waals surface area contributed by atoms with Gasteiger partial charge in [0, 0.05) is 5.56 Å². The molecule has 3 rings (SSSR count). The molecule has 3 aromatic carbocycles. The van der Waals surface area contributed by atoms with E-state index in [2.05, 4.69) is 38.1 Å². The summed E-state index contributed by atoms with van der Waals surface area (Å²) < 4.78 is 14.0. The second kappa shape index (κ2) is 11.3. The lowest BCUT2D eigenvalue weighted by Gasteiger charge is -2.18. The zero-order valence-corrected chi connectivity index (χ0v) is 17.8. The summed E-state index contributed by atoms with van der Waals surface area (Å²) >= 11 is 0. The van der Waals surface area contributed by atoms with Crippen molar-refractivity contribution in [2.75, 3.05) is 6.54 Å². The lowest BCUT2D eigenvalue weighted by atomic mass is 9.89. The van der Waals surface area contributed by atoms with Crippen LogP contribution in [0.2, 0.25) is 0 Å². The highest BCUT2D eigenvalue weighted by molar-refractivity contribution is 5.76. The maximum atomic E-state index is 14.0. The highest BCUT2D eigenvalue weighted by Crippen LogP contribution is 2.26. The van der Waals surface area contributed by atoms with Crippen LogP contribution >= 0.6 is 0 Å². The molecular formula is C26H30FNO2. The molecule has 0 saturated heterocycles. The van der Waals surface area contributed by atoms with Crippen LogP contribution in [0.1, 0.15) is 43.7 Å². The molecule has 0 heterocycles. The first kappa shape index (κ1) is 23.3. The van der Waals surface area contributed by atoms with Crippen LogP contribution in [0.15, 0.2) is 78.9 Å². The molecule has 0 spiro atoms. The van der Waals surface area contributed by atoms with Crippen molar-refractivity contribution < 1.29 is 14.3 Å². The fraction of sp³-hybridized carbons (Fsp3) is 0.269. The first-order valence-corrected chi connectivity index (χ1v) is 10.2. The Morgan fingerprint density at radius 3 is 1.93 bits per heavy atom. The number of rotatable bonds is 6. The Hall–Kier alpha value is -2.98. The van der Waals surface area contributed by atoms with Crippen LogP contribution in [-0.4, -0.2) is 17.6 Å². The number of hydrogen-bond acceptors (Lipinski definition) is 2. The van der Waals surface area contributed by atoms with Crippen LogP contribution in [0.25, 0.3) is 11.1 Å². The van der Waals surface area contributed by atoms with Gasteiger partial charge in [0.05, 0.1) is 5.92 Å². The van der Waals surface area contributed by atoms with Gasteiger partial charge >= 0.3 is 5.97 Å². The minimum absolute atomic E-state index is 0.396. The molecule has 0 aliphatic heterocycles. The third-order valence-corrected chi connectivity index (χ3v) is 5.23. The van der Waals surface area contributed by atoms with E-state index in [1.807, 2.05) is 36.4 Å². The first-order chi connectivity index (χ1) is 14.3. The molecule has 0 aliphatic rings. The molecule has 0 unspecified atom stereocenters. The molecule has 4 heteroatoms. The zero-order chi connectivity index (χ0) is 22.1. The highest BCUT2D eigenvalue weighted by atomic mass is 19.1. The van der Waals surface area contributed by atoms with E-state index in [1.54, 1.807) is 19.1 Å². The number of benzene rings is 3. The van der Waals surface area contributed by atoms with E-state index in [9.17, 15) is 9.18 Å². The lowest BCUT2D eigenvalue weighted by Crippen LogP contribution is -2.17. The molecule has 2 atom stereocenters. The number of carboxylic acids is 1. The quantitative estimate of drug-likeness (QED) is 0.521. The van der Waals surface area contributed by atoms with Crippen LogP contribution < -0.4 is 5.73 Å². The van der Waals surface area contributed by atoms with Gasteiger partial charge in [-0.3, -0.25) is 4.79 Å². The van der Waals surface area contributed by atoms with E-state index < -0.39 is 17.7 Å². The van der Waals surface area contributed by atoms with Crippen LogP contribution in [-0.2, 0) is 4.79 Å². The molecule has 30 heavy (non-hydrogen) atoms. The smallest absolute Gasteiger partial charge is 0.310 e. The number of carboxylic acid groups (broad SMARTS) is 1. The molecule has 0 bridgehead atoms. The van der Waals surface area contributed by atoms with E-state index in [1.165, 1.54) is 11.6 Å². The van der Waals surface area contributed by atoms with Crippen molar-refractivity contribution in [3.8, 4) is 11.1 Å². The average Bonchev–Trinajstić information content (AvgIpc) is 2.75. The number of halogens is 1. The Morgan fingerprint density at radius 1 is 0.900 bits per heavy atom. The zero-order valence-electron chi connectivity index (χ0n) is 17.8. The van der Waals surface area contributed by atoms with E-state index in [0.29, 0.717) is 23.0 Å². The summed E-state index contributed by atoms with van der Waals surface area (Å²) in [6, 6.07) is 24.2. The highest BCUT2D eigenvalue weighted by Gasteiger charge is 2.16. The predicted molar refractivity (Wildman–Crippen MR) is 121 cm³/mol. The van der Waals surface area contributed by atoms with Gasteiger partial charge in [0.1, 0.15) is 5.82 Å². The summed E-state index contributed by atoms with van der Waals surface area (Å²) in [5.41, 5.74) is 8.80. The lowest BCUT2D eigenvalue weighted by molar-refractivity contribution is -0.138. The predicted octanol–water partition coefficient (Wildman–Crippen LogP) is 6.07. The second-order valence-corrected chi connectivity index (χ2v) is 7.66. The van der Waals surface area contributed by atoms with Gasteiger partial charge in [-0.1, -0.05) is 86.6 Å². The Bertz CT molecular complexity index is 926. The monoisotopic (exact) mass is 407 g/mol. The molecule has 0 aliphatic carbocycles. The van der Waals surface area contributed by atoms with Gasteiger partial charge in [0.25, 0.3) is 0 Å². The summed E-state index contributed by atoms with van der Waals surface area (Å²) in [5, 5.41) is 8.89. The van der Waals surface area contributed by atoms with Crippen LogP contribution in [0.3, 0.4) is 0 Å². The molecule has 158 valence electrons. The number of hydrogen-bond donors (Lipinski definition) is 2. The third-order valence-electron chi connectivity index (χ3n) is 5.23. The number of aliphatic carboxylic acids is 1. The average molecular weight is 408 g/mol. The van der Waals surface area contributed by atoms with E-state index in [0.717, 1.165) is 12.1 Å². The second-order valence-electron chi connectivity index (χ2n) is 7.66. The molecule has 3 nitrogen and oxygen atoms in total. The minimum atomic E-state index is -0.957. The Labute approximate surface area is 178 Å². The summed E-state index contributed by atoms with van der Waals surface area (Å²) in [6.07, 6.45) is 0. The van der Waals surface area contributed by atoms with E-state index in [4.69, 9.17) is 10.8 Å². The van der Waals surface area contributed by atoms with Gasteiger partial charge in [-0.15, -0.1) is 0 Å². The van der Waals surface area contributed by atoms with Gasteiger partial charge in [0.2, 0.25) is 0 Å². The fourth-order valence-corrected chi connectivity index (χ4v) is 3.29. The molecule has 0 fully saturated rings. The number of carbonyl (C=O) groups is 1. The van der Waals surface area contributed by atoms with E-state index in [-0.39, 0.29) is 0 Å². The van der Waals surface area contributed by atoms with Gasteiger partial charge in [-0.25, -0.2) is 4.39 Å². The maximum absolute atomic E-state index is 14.0. The number of nitrogens with two attached hydrogens (primary N) is 1. The van der Waals surface area contributed by atoms with Gasteiger partial charge in [0.15, 0.2) is 0 Å². The largest absolute Gasteiger partial charge is 0.481 e. The molecule has 0 aromatic heterocycles. The normalized spacial score (nSPS) is 12.6. The van der Waals surface area contributed by atoms with Gasteiger partial charge in [-0.2, -0.15) is 0 Å². The first-order valence-electron chi connectivity index (χ1n) is 10.2. The molecule has 0 radical (unpaired) electrons. The standard InChI is InChI=1S/C15H13FO2.C11H17N/c1-10(15(17)18)12-7-8-13(14(16)9-12)11-5-3-2-4-6-11;1-9(2)11(8-12)10-6-4-3-5-7-10/h2-10H,1H3,(H,17,18);3-7,9,11H,8,12H2,1-2H3/t10-;11-/m11/s1. The van der Waals surface area contributed by atoms with Crippen molar-refractivity contribution in [1.29, 1.82) is 0 Å². The Kier molecular flexibility index (Phi) is 8.75. The summed E-state index contributed by atoms with van der Waals surface area (Å²) in [7, 11) is 0. The van der Waals surface area contributed by atoms with Crippen molar-refractivity contribution in [2.45, 2.75) is 32.6 Å². The molecule has 3 aromatic rings. The third kappa shape index (κ3) is 6.26. The summed E-state index contributed by atoms with van der Waals surface area (Å²) in [4.78, 5) is 10.8. The van der Waals surface area contributed by atoms with Crippen molar-refractivity contribution in [2.24, 2.45) is 11.7 Å².